The molecule has 2 heterocycles. The van der Waals surface area contributed by atoms with Gasteiger partial charge >= 0.3 is 5.63 Å². The highest BCUT2D eigenvalue weighted by Gasteiger charge is 2.15. The number of para-hydroxylation sites is 1. The maximum absolute atomic E-state index is 12.5. The second-order valence-corrected chi connectivity index (χ2v) is 7.42. The zero-order chi connectivity index (χ0) is 19.0. The molecule has 2 aromatic heterocycles. The van der Waals surface area contributed by atoms with Crippen LogP contribution in [0.1, 0.15) is 6.92 Å². The Kier molecular flexibility index (Phi) is 4.91. The van der Waals surface area contributed by atoms with Gasteiger partial charge in [-0.05, 0) is 37.3 Å². The molecule has 0 aliphatic rings. The molecule has 4 aromatic rings. The Morgan fingerprint density at radius 1 is 1.15 bits per heavy atom. The summed E-state index contributed by atoms with van der Waals surface area (Å²) in [6.07, 6.45) is 0. The van der Waals surface area contributed by atoms with Gasteiger partial charge in [-0.1, -0.05) is 35.3 Å². The fourth-order valence-corrected chi connectivity index (χ4v) is 4.08. The van der Waals surface area contributed by atoms with Crippen LogP contribution in [0, 0.1) is 0 Å². The SMILES string of the molecule is CCOc1cccc2cc(-c3nc(-c4ccc(Cl)cc4Cl)cs3)c(=O)oc12. The van der Waals surface area contributed by atoms with E-state index in [9.17, 15) is 4.79 Å². The number of hydrogen-bond donors (Lipinski definition) is 0. The van der Waals surface area contributed by atoms with Gasteiger partial charge in [0.15, 0.2) is 11.3 Å². The molecule has 0 aliphatic carbocycles. The van der Waals surface area contributed by atoms with Crippen LogP contribution in [0.2, 0.25) is 10.0 Å². The lowest BCUT2D eigenvalue weighted by Gasteiger charge is -2.06. The molecule has 136 valence electrons. The monoisotopic (exact) mass is 417 g/mol. The number of fused-ring (bicyclic) bond motifs is 1. The summed E-state index contributed by atoms with van der Waals surface area (Å²) in [4.78, 5) is 17.1. The second-order valence-electron chi connectivity index (χ2n) is 5.72. The summed E-state index contributed by atoms with van der Waals surface area (Å²) in [5.74, 6) is 0.548. The van der Waals surface area contributed by atoms with Crippen LogP contribution in [0.3, 0.4) is 0 Å². The van der Waals surface area contributed by atoms with Crippen molar-refractivity contribution in [3.63, 3.8) is 0 Å². The third-order valence-electron chi connectivity index (χ3n) is 3.97. The predicted molar refractivity (Wildman–Crippen MR) is 110 cm³/mol. The maximum Gasteiger partial charge on any atom is 0.346 e. The van der Waals surface area contributed by atoms with Gasteiger partial charge in [-0.2, -0.15) is 0 Å². The molecule has 0 bridgehead atoms. The van der Waals surface area contributed by atoms with Crippen molar-refractivity contribution >= 4 is 45.5 Å². The summed E-state index contributed by atoms with van der Waals surface area (Å²) in [5, 5.41) is 4.25. The summed E-state index contributed by atoms with van der Waals surface area (Å²) >= 11 is 13.6. The van der Waals surface area contributed by atoms with Crippen molar-refractivity contribution in [1.29, 1.82) is 0 Å². The van der Waals surface area contributed by atoms with Crippen molar-refractivity contribution in [2.24, 2.45) is 0 Å². The zero-order valence-corrected chi connectivity index (χ0v) is 16.5. The van der Waals surface area contributed by atoms with E-state index in [-0.39, 0.29) is 0 Å². The Hall–Kier alpha value is -2.34. The molecule has 0 atom stereocenters. The average Bonchev–Trinajstić information content (AvgIpc) is 3.11. The van der Waals surface area contributed by atoms with Gasteiger partial charge < -0.3 is 9.15 Å². The Bertz CT molecular complexity index is 1200. The molecule has 0 N–H and O–H groups in total. The first-order valence-corrected chi connectivity index (χ1v) is 9.81. The number of thiazole rings is 1. The Morgan fingerprint density at radius 2 is 2.00 bits per heavy atom. The van der Waals surface area contributed by atoms with Gasteiger partial charge in [0.25, 0.3) is 0 Å². The Labute approximate surface area is 169 Å². The smallest absolute Gasteiger partial charge is 0.346 e. The lowest BCUT2D eigenvalue weighted by Crippen LogP contribution is -2.03. The molecule has 27 heavy (non-hydrogen) atoms. The number of nitrogens with zero attached hydrogens (tertiary/aromatic N) is 1. The summed E-state index contributed by atoms with van der Waals surface area (Å²) < 4.78 is 11.1. The largest absolute Gasteiger partial charge is 0.490 e. The number of aromatic nitrogens is 1. The van der Waals surface area contributed by atoms with Crippen molar-refractivity contribution in [2.75, 3.05) is 6.61 Å². The molecule has 4 rings (SSSR count). The predicted octanol–water partition coefficient (Wildman–Crippen LogP) is 6.29. The third-order valence-corrected chi connectivity index (χ3v) is 5.39. The van der Waals surface area contributed by atoms with Crippen molar-refractivity contribution in [2.45, 2.75) is 6.92 Å². The first kappa shape index (κ1) is 18.0. The van der Waals surface area contributed by atoms with Crippen LogP contribution in [0.15, 0.2) is 57.1 Å². The van der Waals surface area contributed by atoms with Crippen LogP contribution in [-0.2, 0) is 0 Å². The highest BCUT2D eigenvalue weighted by Crippen LogP contribution is 2.34. The van der Waals surface area contributed by atoms with Gasteiger partial charge in [0.2, 0.25) is 0 Å². The lowest BCUT2D eigenvalue weighted by atomic mass is 10.1. The molecule has 0 saturated heterocycles. The minimum atomic E-state index is -0.460. The van der Waals surface area contributed by atoms with Crippen molar-refractivity contribution in [3.8, 4) is 27.6 Å². The summed E-state index contributed by atoms with van der Waals surface area (Å²) in [6, 6.07) is 12.5. The van der Waals surface area contributed by atoms with E-state index in [1.807, 2.05) is 24.4 Å². The molecule has 7 heteroatoms. The van der Waals surface area contributed by atoms with E-state index < -0.39 is 5.63 Å². The quantitative estimate of drug-likeness (QED) is 0.366. The summed E-state index contributed by atoms with van der Waals surface area (Å²) in [7, 11) is 0. The molecule has 0 amide bonds. The number of rotatable bonds is 4. The molecule has 0 aliphatic heterocycles. The fourth-order valence-electron chi connectivity index (χ4n) is 2.75. The topological polar surface area (TPSA) is 52.3 Å². The number of benzene rings is 2. The van der Waals surface area contributed by atoms with Crippen LogP contribution < -0.4 is 10.4 Å². The van der Waals surface area contributed by atoms with Crippen LogP contribution in [0.4, 0.5) is 0 Å². The normalized spacial score (nSPS) is 11.1. The lowest BCUT2D eigenvalue weighted by molar-refractivity contribution is 0.337. The Balaban J connectivity index is 1.80. The van der Waals surface area contributed by atoms with Crippen LogP contribution in [-0.4, -0.2) is 11.6 Å². The van der Waals surface area contributed by atoms with Gasteiger partial charge in [0.05, 0.1) is 22.9 Å². The van der Waals surface area contributed by atoms with E-state index in [0.717, 1.165) is 10.9 Å². The van der Waals surface area contributed by atoms with E-state index in [4.69, 9.17) is 32.4 Å². The molecular formula is C20H13Cl2NO3S. The van der Waals surface area contributed by atoms with Gasteiger partial charge in [0, 0.05) is 21.4 Å². The molecule has 0 fully saturated rings. The standard InChI is InChI=1S/C20H13Cl2NO3S/c1-2-25-17-5-3-4-11-8-14(20(24)26-18(11)17)19-23-16(10-27-19)13-7-6-12(21)9-15(13)22/h3-10H,2H2,1H3. The third kappa shape index (κ3) is 3.46. The molecule has 2 aromatic carbocycles. The van der Waals surface area contributed by atoms with E-state index >= 15 is 0 Å². The first-order valence-electron chi connectivity index (χ1n) is 8.18. The van der Waals surface area contributed by atoms with Gasteiger partial charge in [-0.25, -0.2) is 9.78 Å². The molecule has 0 saturated carbocycles. The summed E-state index contributed by atoms with van der Waals surface area (Å²) in [6.45, 7) is 2.37. The molecular weight excluding hydrogens is 405 g/mol. The van der Waals surface area contributed by atoms with E-state index in [0.29, 0.717) is 44.2 Å². The second kappa shape index (κ2) is 7.35. The number of hydrogen-bond acceptors (Lipinski definition) is 5. The minimum absolute atomic E-state index is 0.400. The van der Waals surface area contributed by atoms with Crippen LogP contribution >= 0.6 is 34.5 Å². The van der Waals surface area contributed by atoms with Crippen molar-refractivity contribution < 1.29 is 9.15 Å². The molecule has 0 spiro atoms. The minimum Gasteiger partial charge on any atom is -0.490 e. The Morgan fingerprint density at radius 3 is 2.78 bits per heavy atom. The number of halogens is 2. The first-order chi connectivity index (χ1) is 13.1. The van der Waals surface area contributed by atoms with E-state index in [1.54, 1.807) is 30.3 Å². The van der Waals surface area contributed by atoms with Gasteiger partial charge in [0.1, 0.15) is 5.01 Å². The zero-order valence-electron chi connectivity index (χ0n) is 14.2. The molecule has 0 unspecified atom stereocenters. The molecule has 4 nitrogen and oxygen atoms in total. The van der Waals surface area contributed by atoms with E-state index in [1.165, 1.54) is 11.3 Å². The highest BCUT2D eigenvalue weighted by molar-refractivity contribution is 7.13. The highest BCUT2D eigenvalue weighted by atomic mass is 35.5. The average molecular weight is 418 g/mol. The number of ether oxygens (including phenoxy) is 1. The van der Waals surface area contributed by atoms with E-state index in [2.05, 4.69) is 4.98 Å². The van der Waals surface area contributed by atoms with Crippen LogP contribution in [0.5, 0.6) is 5.75 Å². The van der Waals surface area contributed by atoms with Gasteiger partial charge in [-0.15, -0.1) is 11.3 Å². The van der Waals surface area contributed by atoms with Crippen molar-refractivity contribution in [1.82, 2.24) is 4.98 Å². The van der Waals surface area contributed by atoms with Crippen molar-refractivity contribution in [3.05, 3.63) is 68.3 Å². The molecule has 0 radical (unpaired) electrons. The summed E-state index contributed by atoms with van der Waals surface area (Å²) in [5.41, 5.74) is 1.81. The van der Waals surface area contributed by atoms with Crippen LogP contribution in [0.25, 0.3) is 32.8 Å². The maximum atomic E-state index is 12.5. The van der Waals surface area contributed by atoms with Gasteiger partial charge in [-0.3, -0.25) is 0 Å². The fraction of sp³-hybridized carbons (Fsp3) is 0.100.